The standard InChI is InChI=1S/C12H15BrO2/c1-8(2)11(7-14)12(15)9-4-3-5-10(13)6-9/h3-6,8,11,14H,7H2,1-2H3. The monoisotopic (exact) mass is 270 g/mol. The van der Waals surface area contributed by atoms with E-state index in [4.69, 9.17) is 5.11 Å². The first-order valence-electron chi connectivity index (χ1n) is 4.97. The number of carbonyl (C=O) groups excluding carboxylic acids is 1. The van der Waals surface area contributed by atoms with Gasteiger partial charge in [0.05, 0.1) is 6.61 Å². The molecule has 0 aliphatic carbocycles. The Hall–Kier alpha value is -0.670. The summed E-state index contributed by atoms with van der Waals surface area (Å²) in [6.45, 7) is 3.79. The van der Waals surface area contributed by atoms with Crippen LogP contribution in [0.2, 0.25) is 0 Å². The Kier molecular flexibility index (Phi) is 4.48. The van der Waals surface area contributed by atoms with Crippen molar-refractivity contribution < 1.29 is 9.90 Å². The van der Waals surface area contributed by atoms with Gasteiger partial charge in [-0.15, -0.1) is 0 Å². The molecule has 1 unspecified atom stereocenters. The minimum atomic E-state index is -0.306. The van der Waals surface area contributed by atoms with Gasteiger partial charge < -0.3 is 5.11 Å². The predicted octanol–water partition coefficient (Wildman–Crippen LogP) is 2.90. The summed E-state index contributed by atoms with van der Waals surface area (Å²) in [5.41, 5.74) is 0.650. The molecule has 1 rings (SSSR count). The molecule has 0 saturated heterocycles. The summed E-state index contributed by atoms with van der Waals surface area (Å²) in [4.78, 5) is 12.0. The largest absolute Gasteiger partial charge is 0.396 e. The smallest absolute Gasteiger partial charge is 0.168 e. The van der Waals surface area contributed by atoms with Crippen LogP contribution in [0.1, 0.15) is 24.2 Å². The third-order valence-corrected chi connectivity index (χ3v) is 2.94. The highest BCUT2D eigenvalue weighted by Crippen LogP contribution is 2.19. The molecule has 2 nitrogen and oxygen atoms in total. The van der Waals surface area contributed by atoms with Crippen molar-refractivity contribution in [1.82, 2.24) is 0 Å². The van der Waals surface area contributed by atoms with E-state index >= 15 is 0 Å². The van der Waals surface area contributed by atoms with Crippen LogP contribution in [0.5, 0.6) is 0 Å². The van der Waals surface area contributed by atoms with Gasteiger partial charge in [-0.05, 0) is 18.1 Å². The summed E-state index contributed by atoms with van der Waals surface area (Å²) in [7, 11) is 0. The van der Waals surface area contributed by atoms with Crippen molar-refractivity contribution >= 4 is 21.7 Å². The highest BCUT2D eigenvalue weighted by molar-refractivity contribution is 9.10. The molecule has 0 spiro atoms. The number of benzene rings is 1. The SMILES string of the molecule is CC(C)C(CO)C(=O)c1cccc(Br)c1. The number of hydrogen-bond donors (Lipinski definition) is 1. The maximum atomic E-state index is 12.0. The molecular formula is C12H15BrO2. The number of rotatable bonds is 4. The van der Waals surface area contributed by atoms with Crippen LogP contribution in [-0.4, -0.2) is 17.5 Å². The van der Waals surface area contributed by atoms with Crippen LogP contribution in [0.3, 0.4) is 0 Å². The molecule has 82 valence electrons. The van der Waals surface area contributed by atoms with Gasteiger partial charge in [0.1, 0.15) is 0 Å². The van der Waals surface area contributed by atoms with Crippen molar-refractivity contribution in [3.8, 4) is 0 Å². The molecule has 0 radical (unpaired) electrons. The minimum absolute atomic E-state index is 0.00815. The average Bonchev–Trinajstić information content (AvgIpc) is 2.18. The topological polar surface area (TPSA) is 37.3 Å². The van der Waals surface area contributed by atoms with E-state index in [1.54, 1.807) is 12.1 Å². The number of hydrogen-bond acceptors (Lipinski definition) is 2. The summed E-state index contributed by atoms with van der Waals surface area (Å²) in [5, 5.41) is 9.16. The highest BCUT2D eigenvalue weighted by Gasteiger charge is 2.22. The molecule has 0 aliphatic heterocycles. The first kappa shape index (κ1) is 12.4. The average molecular weight is 271 g/mol. The van der Waals surface area contributed by atoms with Gasteiger partial charge in [-0.1, -0.05) is 41.9 Å². The summed E-state index contributed by atoms with van der Waals surface area (Å²) >= 11 is 3.32. The number of carbonyl (C=O) groups is 1. The Balaban J connectivity index is 2.93. The number of aliphatic hydroxyl groups is 1. The minimum Gasteiger partial charge on any atom is -0.396 e. The Labute approximate surface area is 98.4 Å². The van der Waals surface area contributed by atoms with Crippen LogP contribution in [0.15, 0.2) is 28.7 Å². The van der Waals surface area contributed by atoms with Gasteiger partial charge in [-0.2, -0.15) is 0 Å². The number of halogens is 1. The number of Topliss-reactive ketones (excluding diaryl/α,β-unsaturated/α-hetero) is 1. The maximum Gasteiger partial charge on any atom is 0.168 e. The first-order chi connectivity index (χ1) is 7.06. The number of ketones is 1. The van der Waals surface area contributed by atoms with Gasteiger partial charge in [0.25, 0.3) is 0 Å². The van der Waals surface area contributed by atoms with E-state index in [2.05, 4.69) is 15.9 Å². The van der Waals surface area contributed by atoms with E-state index in [0.29, 0.717) is 5.56 Å². The fourth-order valence-corrected chi connectivity index (χ4v) is 1.85. The van der Waals surface area contributed by atoms with Gasteiger partial charge in [0, 0.05) is 16.0 Å². The molecule has 1 aromatic carbocycles. The molecule has 0 aromatic heterocycles. The van der Waals surface area contributed by atoms with Gasteiger partial charge in [-0.25, -0.2) is 0 Å². The van der Waals surface area contributed by atoms with Crippen LogP contribution in [0, 0.1) is 11.8 Å². The van der Waals surface area contributed by atoms with Gasteiger partial charge in [0.2, 0.25) is 0 Å². The van der Waals surface area contributed by atoms with Crippen molar-refractivity contribution in [3.05, 3.63) is 34.3 Å². The number of aliphatic hydroxyl groups excluding tert-OH is 1. The van der Waals surface area contributed by atoms with E-state index in [1.807, 2.05) is 26.0 Å². The summed E-state index contributed by atoms with van der Waals surface area (Å²) in [6.07, 6.45) is 0. The molecule has 1 aromatic rings. The quantitative estimate of drug-likeness (QED) is 0.855. The van der Waals surface area contributed by atoms with E-state index in [9.17, 15) is 4.79 Å². The van der Waals surface area contributed by atoms with Crippen molar-refractivity contribution in [2.24, 2.45) is 11.8 Å². The third-order valence-electron chi connectivity index (χ3n) is 2.45. The normalized spacial score (nSPS) is 12.9. The van der Waals surface area contributed by atoms with Crippen LogP contribution in [0.25, 0.3) is 0 Å². The first-order valence-corrected chi connectivity index (χ1v) is 5.76. The predicted molar refractivity (Wildman–Crippen MR) is 63.9 cm³/mol. The zero-order valence-electron chi connectivity index (χ0n) is 8.90. The highest BCUT2D eigenvalue weighted by atomic mass is 79.9. The van der Waals surface area contributed by atoms with Crippen molar-refractivity contribution in [1.29, 1.82) is 0 Å². The molecule has 1 atom stereocenters. The molecule has 1 N–H and O–H groups in total. The second kappa shape index (κ2) is 5.42. The zero-order chi connectivity index (χ0) is 11.4. The van der Waals surface area contributed by atoms with Gasteiger partial charge in [0.15, 0.2) is 5.78 Å². The fraction of sp³-hybridized carbons (Fsp3) is 0.417. The van der Waals surface area contributed by atoms with Gasteiger partial charge in [-0.3, -0.25) is 4.79 Å². The molecular weight excluding hydrogens is 256 g/mol. The molecule has 0 amide bonds. The summed E-state index contributed by atoms with van der Waals surface area (Å²) < 4.78 is 0.883. The van der Waals surface area contributed by atoms with Crippen molar-refractivity contribution in [2.75, 3.05) is 6.61 Å². The van der Waals surface area contributed by atoms with E-state index in [0.717, 1.165) is 4.47 Å². The molecule has 0 aliphatic rings. The van der Waals surface area contributed by atoms with Crippen molar-refractivity contribution in [3.63, 3.8) is 0 Å². The molecule has 0 saturated carbocycles. The second-order valence-corrected chi connectivity index (χ2v) is 4.82. The van der Waals surface area contributed by atoms with Gasteiger partial charge >= 0.3 is 0 Å². The molecule has 15 heavy (non-hydrogen) atoms. The lowest BCUT2D eigenvalue weighted by atomic mass is 9.89. The van der Waals surface area contributed by atoms with Crippen LogP contribution in [0.4, 0.5) is 0 Å². The van der Waals surface area contributed by atoms with Crippen LogP contribution >= 0.6 is 15.9 Å². The van der Waals surface area contributed by atoms with Crippen LogP contribution < -0.4 is 0 Å². The Morgan fingerprint density at radius 3 is 2.60 bits per heavy atom. The lowest BCUT2D eigenvalue weighted by Crippen LogP contribution is -2.24. The molecule has 0 fully saturated rings. The summed E-state index contributed by atoms with van der Waals surface area (Å²) in [6, 6.07) is 7.26. The Bertz CT molecular complexity index is 347. The zero-order valence-corrected chi connectivity index (χ0v) is 10.5. The second-order valence-electron chi connectivity index (χ2n) is 3.91. The Morgan fingerprint density at radius 1 is 1.47 bits per heavy atom. The van der Waals surface area contributed by atoms with Crippen LogP contribution in [-0.2, 0) is 0 Å². The third kappa shape index (κ3) is 3.14. The fourth-order valence-electron chi connectivity index (χ4n) is 1.45. The lowest BCUT2D eigenvalue weighted by molar-refractivity contribution is 0.0806. The molecule has 0 heterocycles. The summed E-state index contributed by atoms with van der Waals surface area (Å²) in [5.74, 6) is -0.144. The molecule has 3 heteroatoms. The Morgan fingerprint density at radius 2 is 2.13 bits per heavy atom. The van der Waals surface area contributed by atoms with E-state index in [-0.39, 0.29) is 24.2 Å². The van der Waals surface area contributed by atoms with E-state index < -0.39 is 0 Å². The maximum absolute atomic E-state index is 12.0. The van der Waals surface area contributed by atoms with Crippen molar-refractivity contribution in [2.45, 2.75) is 13.8 Å². The van der Waals surface area contributed by atoms with E-state index in [1.165, 1.54) is 0 Å². The lowest BCUT2D eigenvalue weighted by Gasteiger charge is -2.16. The molecule has 0 bridgehead atoms.